The number of aliphatic hydroxyl groups excluding tert-OH is 1. The number of rotatable bonds is 14. The van der Waals surface area contributed by atoms with Crippen LogP contribution >= 0.6 is 11.8 Å². The van der Waals surface area contributed by atoms with Gasteiger partial charge < -0.3 is 20.1 Å². The highest BCUT2D eigenvalue weighted by Crippen LogP contribution is 2.41. The monoisotopic (exact) mass is 400 g/mol. The number of aliphatic hydroxyl groups is 2. The molecule has 0 aromatic rings. The van der Waals surface area contributed by atoms with Gasteiger partial charge >= 0.3 is 5.97 Å². The first-order valence-electron chi connectivity index (χ1n) is 9.99. The summed E-state index contributed by atoms with van der Waals surface area (Å²) in [4.78, 5) is 11.6. The first-order chi connectivity index (χ1) is 12.8. The van der Waals surface area contributed by atoms with Crippen LogP contribution in [0.5, 0.6) is 0 Å². The second kappa shape index (κ2) is 12.5. The number of hydrogen-bond acceptors (Lipinski definition) is 5. The third kappa shape index (κ3) is 9.17. The van der Waals surface area contributed by atoms with E-state index in [-0.39, 0.29) is 12.3 Å². The van der Waals surface area contributed by atoms with Gasteiger partial charge in [-0.1, -0.05) is 38.3 Å². The Morgan fingerprint density at radius 1 is 1.33 bits per heavy atom. The van der Waals surface area contributed by atoms with E-state index >= 15 is 0 Å². The van der Waals surface area contributed by atoms with Gasteiger partial charge in [0, 0.05) is 23.7 Å². The highest BCUT2D eigenvalue weighted by molar-refractivity contribution is 8.03. The quantitative estimate of drug-likeness (QED) is 0.294. The molecule has 27 heavy (non-hydrogen) atoms. The predicted octanol–water partition coefficient (Wildman–Crippen LogP) is 4.49. The topological polar surface area (TPSA) is 87.0 Å². The summed E-state index contributed by atoms with van der Waals surface area (Å²) in [5.41, 5.74) is -0.707. The van der Waals surface area contributed by atoms with Crippen molar-refractivity contribution in [2.24, 2.45) is 5.92 Å². The molecule has 0 saturated carbocycles. The van der Waals surface area contributed by atoms with Crippen LogP contribution in [-0.4, -0.2) is 45.9 Å². The molecule has 0 unspecified atom stereocenters. The summed E-state index contributed by atoms with van der Waals surface area (Å²) in [5, 5.41) is 29.5. The van der Waals surface area contributed by atoms with Gasteiger partial charge in [0.1, 0.15) is 5.76 Å². The molecular weight excluding hydrogens is 364 g/mol. The minimum absolute atomic E-state index is 0.0917. The maximum Gasteiger partial charge on any atom is 0.303 e. The zero-order chi connectivity index (χ0) is 20.3. The Morgan fingerprint density at radius 2 is 2.07 bits per heavy atom. The van der Waals surface area contributed by atoms with E-state index in [1.54, 1.807) is 18.9 Å². The lowest BCUT2D eigenvalue weighted by Crippen LogP contribution is -2.23. The van der Waals surface area contributed by atoms with Gasteiger partial charge in [0.15, 0.2) is 0 Å². The van der Waals surface area contributed by atoms with Crippen molar-refractivity contribution < 1.29 is 24.9 Å². The van der Waals surface area contributed by atoms with E-state index in [4.69, 9.17) is 9.84 Å². The number of methoxy groups -OCH3 is 1. The maximum absolute atomic E-state index is 10.5. The van der Waals surface area contributed by atoms with Crippen LogP contribution in [0.3, 0.4) is 0 Å². The standard InChI is InChI=1S/C21H36O5S/c1-4-5-12-21(2,25)13-9-10-16-17(22)15-18(26-3)20(16)27-14-8-6-7-11-19(23)24/h9-10,16-17,22,25H,4-8,11-15H2,1-3H3,(H,23,24)/b10-9+/t16-,17+,21-/m0/s1. The second-order valence-electron chi connectivity index (χ2n) is 7.57. The molecular formula is C21H36O5S. The van der Waals surface area contributed by atoms with Gasteiger partial charge in [0.05, 0.1) is 18.8 Å². The zero-order valence-electron chi connectivity index (χ0n) is 16.9. The minimum atomic E-state index is -0.744. The Balaban J connectivity index is 2.56. The average molecular weight is 401 g/mol. The van der Waals surface area contributed by atoms with Crippen LogP contribution in [0.2, 0.25) is 0 Å². The molecule has 0 bridgehead atoms. The average Bonchev–Trinajstić information content (AvgIpc) is 2.91. The molecule has 156 valence electrons. The number of thioether (sulfide) groups is 1. The number of carboxylic acid groups (broad SMARTS) is 1. The summed E-state index contributed by atoms with van der Waals surface area (Å²) in [6.45, 7) is 3.98. The number of carbonyl (C=O) groups is 1. The van der Waals surface area contributed by atoms with Gasteiger partial charge in [-0.25, -0.2) is 0 Å². The molecule has 5 nitrogen and oxygen atoms in total. The van der Waals surface area contributed by atoms with E-state index in [0.29, 0.717) is 19.3 Å². The van der Waals surface area contributed by atoms with E-state index in [2.05, 4.69) is 6.92 Å². The molecule has 0 fully saturated rings. The Hall–Kier alpha value is -0.980. The first-order valence-corrected chi connectivity index (χ1v) is 11.0. The third-order valence-corrected chi connectivity index (χ3v) is 6.20. The van der Waals surface area contributed by atoms with Crippen molar-refractivity contribution in [3.05, 3.63) is 22.8 Å². The SMILES string of the molecule is CCCC[C@](C)(O)C/C=C/[C@@H]1C(SCCCCCC(=O)O)=C(OC)C[C@H]1O. The normalized spacial score (nSPS) is 22.4. The molecule has 0 spiro atoms. The van der Waals surface area contributed by atoms with Crippen molar-refractivity contribution in [2.45, 2.75) is 83.3 Å². The van der Waals surface area contributed by atoms with Crippen LogP contribution in [0.1, 0.15) is 71.6 Å². The highest BCUT2D eigenvalue weighted by atomic mass is 32.2. The van der Waals surface area contributed by atoms with Crippen LogP contribution in [0.25, 0.3) is 0 Å². The minimum Gasteiger partial charge on any atom is -0.500 e. The van der Waals surface area contributed by atoms with Gasteiger partial charge in [0.25, 0.3) is 0 Å². The smallest absolute Gasteiger partial charge is 0.303 e. The summed E-state index contributed by atoms with van der Waals surface area (Å²) in [7, 11) is 1.64. The van der Waals surface area contributed by atoms with Crippen molar-refractivity contribution in [3.63, 3.8) is 0 Å². The molecule has 1 aliphatic carbocycles. The van der Waals surface area contributed by atoms with Crippen LogP contribution in [-0.2, 0) is 9.53 Å². The van der Waals surface area contributed by atoms with Crippen LogP contribution < -0.4 is 0 Å². The molecule has 0 aromatic carbocycles. The summed E-state index contributed by atoms with van der Waals surface area (Å²) in [6, 6.07) is 0. The largest absolute Gasteiger partial charge is 0.500 e. The van der Waals surface area contributed by atoms with Gasteiger partial charge in [-0.15, -0.1) is 11.8 Å². The summed E-state index contributed by atoms with van der Waals surface area (Å²) < 4.78 is 5.47. The molecule has 6 heteroatoms. The lowest BCUT2D eigenvalue weighted by atomic mass is 9.94. The van der Waals surface area contributed by atoms with Crippen molar-refractivity contribution in [2.75, 3.05) is 12.9 Å². The fraction of sp³-hybridized carbons (Fsp3) is 0.762. The van der Waals surface area contributed by atoms with Gasteiger partial charge in [-0.3, -0.25) is 4.79 Å². The lowest BCUT2D eigenvalue weighted by Gasteiger charge is -2.21. The van der Waals surface area contributed by atoms with E-state index in [1.165, 1.54) is 0 Å². The van der Waals surface area contributed by atoms with Crippen LogP contribution in [0, 0.1) is 5.92 Å². The Labute approximate surface area is 167 Å². The number of unbranched alkanes of at least 4 members (excludes halogenated alkanes) is 3. The first kappa shape index (κ1) is 24.1. The highest BCUT2D eigenvalue weighted by Gasteiger charge is 2.33. The number of hydrogen-bond donors (Lipinski definition) is 3. The molecule has 0 amide bonds. The summed E-state index contributed by atoms with van der Waals surface area (Å²) in [5.74, 6) is 0.884. The number of aliphatic carboxylic acids is 1. The second-order valence-corrected chi connectivity index (χ2v) is 8.71. The van der Waals surface area contributed by atoms with Crippen molar-refractivity contribution in [3.8, 4) is 0 Å². The van der Waals surface area contributed by atoms with E-state index in [1.807, 2.05) is 19.1 Å². The molecule has 3 atom stereocenters. The van der Waals surface area contributed by atoms with E-state index in [9.17, 15) is 15.0 Å². The fourth-order valence-corrected chi connectivity index (χ4v) is 4.54. The van der Waals surface area contributed by atoms with Crippen molar-refractivity contribution in [1.82, 2.24) is 0 Å². The molecule has 0 aliphatic heterocycles. The molecule has 1 aliphatic rings. The van der Waals surface area contributed by atoms with Crippen molar-refractivity contribution >= 4 is 17.7 Å². The molecule has 1 rings (SSSR count). The van der Waals surface area contributed by atoms with Crippen LogP contribution in [0.15, 0.2) is 22.8 Å². The van der Waals surface area contributed by atoms with Crippen molar-refractivity contribution in [1.29, 1.82) is 0 Å². The lowest BCUT2D eigenvalue weighted by molar-refractivity contribution is -0.137. The molecule has 0 aromatic heterocycles. The zero-order valence-corrected chi connectivity index (χ0v) is 17.8. The summed E-state index contributed by atoms with van der Waals surface area (Å²) in [6.07, 6.45) is 10.2. The Kier molecular flexibility index (Phi) is 11.1. The van der Waals surface area contributed by atoms with Gasteiger partial charge in [0.2, 0.25) is 0 Å². The number of carboxylic acids is 1. The van der Waals surface area contributed by atoms with E-state index in [0.717, 1.165) is 48.5 Å². The molecule has 0 radical (unpaired) electrons. The molecule has 0 heterocycles. The maximum atomic E-state index is 10.5. The summed E-state index contributed by atoms with van der Waals surface area (Å²) >= 11 is 1.69. The van der Waals surface area contributed by atoms with Gasteiger partial charge in [-0.05, 0) is 38.4 Å². The fourth-order valence-electron chi connectivity index (χ4n) is 3.22. The predicted molar refractivity (Wildman–Crippen MR) is 111 cm³/mol. The van der Waals surface area contributed by atoms with E-state index < -0.39 is 17.7 Å². The Morgan fingerprint density at radius 3 is 2.70 bits per heavy atom. The third-order valence-electron chi connectivity index (χ3n) is 4.90. The van der Waals surface area contributed by atoms with Gasteiger partial charge in [-0.2, -0.15) is 0 Å². The number of ether oxygens (including phenoxy) is 1. The molecule has 3 N–H and O–H groups in total. The van der Waals surface area contributed by atoms with Crippen LogP contribution in [0.4, 0.5) is 0 Å². The molecule has 0 saturated heterocycles. The Bertz CT molecular complexity index is 513.